The van der Waals surface area contributed by atoms with Crippen LogP contribution in [0.25, 0.3) is 22.3 Å². The molecule has 0 aromatic carbocycles. The minimum Gasteiger partial charge on any atom is -0.467 e. The molecule has 0 atom stereocenters. The predicted octanol–water partition coefficient (Wildman–Crippen LogP) is 3.35. The molecule has 1 fully saturated rings. The van der Waals surface area contributed by atoms with Gasteiger partial charge in [-0.25, -0.2) is 9.67 Å². The second-order valence-electron chi connectivity index (χ2n) is 8.10. The Bertz CT molecular complexity index is 1190. The molecule has 1 amide bonds. The Morgan fingerprint density at radius 3 is 2.81 bits per heavy atom. The fraction of sp³-hybridized carbons (Fsp3) is 0.333. The lowest BCUT2D eigenvalue weighted by molar-refractivity contribution is 0.0914. The number of hydrogen-bond donors (Lipinski definition) is 1. The third kappa shape index (κ3) is 4.13. The number of likely N-dealkylation sites (tertiary alicyclic amines) is 1. The number of carbonyl (C=O) groups excluding carboxylic acids is 1. The second-order valence-corrected chi connectivity index (χ2v) is 8.10. The van der Waals surface area contributed by atoms with Crippen molar-refractivity contribution in [3.8, 4) is 11.3 Å². The van der Waals surface area contributed by atoms with E-state index in [-0.39, 0.29) is 11.9 Å². The van der Waals surface area contributed by atoms with Gasteiger partial charge in [-0.15, -0.1) is 0 Å². The quantitative estimate of drug-likeness (QED) is 0.505. The molecule has 164 valence electrons. The molecule has 8 heteroatoms. The summed E-state index contributed by atoms with van der Waals surface area (Å²) in [6, 6.07) is 9.56. The molecule has 5 rings (SSSR count). The number of piperidine rings is 1. The molecule has 5 heterocycles. The van der Waals surface area contributed by atoms with Gasteiger partial charge in [-0.1, -0.05) is 6.92 Å². The van der Waals surface area contributed by atoms with Crippen LogP contribution in [0.5, 0.6) is 0 Å². The van der Waals surface area contributed by atoms with Gasteiger partial charge in [0.25, 0.3) is 5.91 Å². The maximum Gasteiger partial charge on any atom is 0.252 e. The van der Waals surface area contributed by atoms with E-state index in [2.05, 4.69) is 27.2 Å². The molecule has 4 aromatic heterocycles. The summed E-state index contributed by atoms with van der Waals surface area (Å²) in [5.41, 5.74) is 2.77. The van der Waals surface area contributed by atoms with Gasteiger partial charge in [0.15, 0.2) is 5.65 Å². The number of amides is 1. The third-order valence-electron chi connectivity index (χ3n) is 6.07. The Labute approximate surface area is 186 Å². The number of carbonyl (C=O) groups is 1. The van der Waals surface area contributed by atoms with Gasteiger partial charge in [-0.2, -0.15) is 5.10 Å². The van der Waals surface area contributed by atoms with Crippen molar-refractivity contribution in [1.82, 2.24) is 30.0 Å². The number of pyridine rings is 2. The molecule has 32 heavy (non-hydrogen) atoms. The second kappa shape index (κ2) is 8.92. The minimum atomic E-state index is -0.0879. The maximum atomic E-state index is 13.4. The summed E-state index contributed by atoms with van der Waals surface area (Å²) in [5, 5.41) is 8.48. The number of rotatable bonds is 6. The topological polar surface area (TPSA) is 89.1 Å². The van der Waals surface area contributed by atoms with E-state index < -0.39 is 0 Å². The Kier molecular flexibility index (Phi) is 5.68. The lowest BCUT2D eigenvalue weighted by Crippen LogP contribution is -2.44. The van der Waals surface area contributed by atoms with Gasteiger partial charge >= 0.3 is 0 Å². The summed E-state index contributed by atoms with van der Waals surface area (Å²) >= 11 is 0. The van der Waals surface area contributed by atoms with Gasteiger partial charge in [0, 0.05) is 37.1 Å². The summed E-state index contributed by atoms with van der Waals surface area (Å²) in [6.45, 7) is 5.68. The molecule has 1 N–H and O–H groups in total. The Balaban J connectivity index is 1.50. The monoisotopic (exact) mass is 430 g/mol. The highest BCUT2D eigenvalue weighted by Crippen LogP contribution is 2.25. The first-order valence-electron chi connectivity index (χ1n) is 11.0. The highest BCUT2D eigenvalue weighted by molar-refractivity contribution is 6.06. The highest BCUT2D eigenvalue weighted by atomic mass is 16.3. The van der Waals surface area contributed by atoms with Crippen molar-refractivity contribution < 1.29 is 9.21 Å². The summed E-state index contributed by atoms with van der Waals surface area (Å²) in [5.74, 6) is 0.687. The highest BCUT2D eigenvalue weighted by Gasteiger charge is 2.23. The van der Waals surface area contributed by atoms with E-state index in [1.54, 1.807) is 29.5 Å². The number of nitrogens with one attached hydrogen (secondary N) is 1. The maximum absolute atomic E-state index is 13.4. The molecule has 4 aromatic rings. The molecule has 1 aliphatic heterocycles. The lowest BCUT2D eigenvalue weighted by atomic mass is 10.0. The Morgan fingerprint density at radius 2 is 2.09 bits per heavy atom. The zero-order chi connectivity index (χ0) is 21.9. The van der Waals surface area contributed by atoms with E-state index in [9.17, 15) is 4.79 Å². The van der Waals surface area contributed by atoms with Crippen LogP contribution in [0.4, 0.5) is 0 Å². The molecular weight excluding hydrogens is 404 g/mol. The molecular formula is C24H26N6O2. The van der Waals surface area contributed by atoms with Crippen molar-refractivity contribution in [2.75, 3.05) is 19.6 Å². The van der Waals surface area contributed by atoms with Crippen molar-refractivity contribution in [2.45, 2.75) is 32.4 Å². The van der Waals surface area contributed by atoms with Crippen LogP contribution in [0.2, 0.25) is 0 Å². The first-order valence-corrected chi connectivity index (χ1v) is 11.0. The van der Waals surface area contributed by atoms with Gasteiger partial charge in [0.2, 0.25) is 0 Å². The minimum absolute atomic E-state index is 0.0879. The number of aromatic nitrogens is 4. The van der Waals surface area contributed by atoms with Crippen molar-refractivity contribution in [2.24, 2.45) is 0 Å². The zero-order valence-electron chi connectivity index (χ0n) is 18.1. The Hall–Kier alpha value is -3.52. The Morgan fingerprint density at radius 1 is 1.22 bits per heavy atom. The average molecular weight is 431 g/mol. The summed E-state index contributed by atoms with van der Waals surface area (Å²) in [7, 11) is 0. The van der Waals surface area contributed by atoms with E-state index in [1.807, 2.05) is 30.3 Å². The van der Waals surface area contributed by atoms with Gasteiger partial charge in [-0.05, 0) is 49.7 Å². The molecule has 0 spiro atoms. The van der Waals surface area contributed by atoms with E-state index in [1.165, 1.54) is 0 Å². The lowest BCUT2D eigenvalue weighted by Gasteiger charge is -2.31. The summed E-state index contributed by atoms with van der Waals surface area (Å²) in [6.07, 6.45) is 8.75. The summed E-state index contributed by atoms with van der Waals surface area (Å²) < 4.78 is 7.25. The van der Waals surface area contributed by atoms with Crippen molar-refractivity contribution in [1.29, 1.82) is 0 Å². The van der Waals surface area contributed by atoms with Crippen LogP contribution in [0.3, 0.4) is 0 Å². The standard InChI is InChI=1S/C24H26N6O2/c1-2-29-10-7-18(8-11-29)27-24(31)20-13-22(17-5-3-9-25-14-17)28-23-21(20)15-26-30(23)16-19-6-4-12-32-19/h3-6,9,12-15,18H,2,7-8,10-11,16H2,1H3,(H,27,31). The van der Waals surface area contributed by atoms with Gasteiger partial charge in [-0.3, -0.25) is 9.78 Å². The van der Waals surface area contributed by atoms with Gasteiger partial charge in [0.05, 0.1) is 29.1 Å². The van der Waals surface area contributed by atoms with Crippen LogP contribution >= 0.6 is 0 Å². The van der Waals surface area contributed by atoms with Crippen LogP contribution < -0.4 is 5.32 Å². The van der Waals surface area contributed by atoms with Crippen LogP contribution in [0.15, 0.2) is 59.6 Å². The molecule has 0 unspecified atom stereocenters. The van der Waals surface area contributed by atoms with E-state index >= 15 is 0 Å². The molecule has 0 saturated carbocycles. The van der Waals surface area contributed by atoms with Crippen molar-refractivity contribution >= 4 is 16.9 Å². The van der Waals surface area contributed by atoms with Crippen LogP contribution in [0, 0.1) is 0 Å². The molecule has 8 nitrogen and oxygen atoms in total. The predicted molar refractivity (Wildman–Crippen MR) is 121 cm³/mol. The van der Waals surface area contributed by atoms with Gasteiger partial charge < -0.3 is 14.6 Å². The van der Waals surface area contributed by atoms with Crippen LogP contribution in [-0.4, -0.2) is 56.2 Å². The zero-order valence-corrected chi connectivity index (χ0v) is 18.1. The SMILES string of the molecule is CCN1CCC(NC(=O)c2cc(-c3cccnc3)nc3c2cnn3Cc2ccco2)CC1. The fourth-order valence-electron chi connectivity index (χ4n) is 4.22. The van der Waals surface area contributed by atoms with E-state index in [4.69, 9.17) is 9.40 Å². The average Bonchev–Trinajstić information content (AvgIpc) is 3.50. The summed E-state index contributed by atoms with van der Waals surface area (Å²) in [4.78, 5) is 24.8. The molecule has 1 aliphatic rings. The number of hydrogen-bond acceptors (Lipinski definition) is 6. The molecule has 0 aliphatic carbocycles. The van der Waals surface area contributed by atoms with E-state index in [0.717, 1.165) is 49.2 Å². The smallest absolute Gasteiger partial charge is 0.252 e. The van der Waals surface area contributed by atoms with E-state index in [0.29, 0.717) is 23.4 Å². The first-order chi connectivity index (χ1) is 15.7. The third-order valence-corrected chi connectivity index (χ3v) is 6.07. The number of furan rings is 1. The van der Waals surface area contributed by atoms with Crippen LogP contribution in [-0.2, 0) is 6.54 Å². The van der Waals surface area contributed by atoms with Crippen molar-refractivity contribution in [3.63, 3.8) is 0 Å². The largest absolute Gasteiger partial charge is 0.467 e. The number of fused-ring (bicyclic) bond motifs is 1. The number of nitrogens with zero attached hydrogens (tertiary/aromatic N) is 5. The molecule has 0 bridgehead atoms. The van der Waals surface area contributed by atoms with Gasteiger partial charge in [0.1, 0.15) is 12.3 Å². The normalized spacial score (nSPS) is 15.3. The van der Waals surface area contributed by atoms with Crippen LogP contribution in [0.1, 0.15) is 35.9 Å². The molecule has 0 radical (unpaired) electrons. The van der Waals surface area contributed by atoms with Crippen molar-refractivity contribution in [3.05, 3.63) is 66.5 Å². The molecule has 1 saturated heterocycles. The first kappa shape index (κ1) is 20.4. The fourth-order valence-corrected chi connectivity index (χ4v) is 4.22.